The lowest BCUT2D eigenvalue weighted by Crippen LogP contribution is -2.40. The second-order valence-corrected chi connectivity index (χ2v) is 4.33. The molecule has 0 spiro atoms. The molecule has 1 fully saturated rings. The molecule has 1 unspecified atom stereocenters. The summed E-state index contributed by atoms with van der Waals surface area (Å²) in [5, 5.41) is 3.32. The van der Waals surface area contributed by atoms with E-state index in [0.29, 0.717) is 6.04 Å². The van der Waals surface area contributed by atoms with Crippen LogP contribution in [0.3, 0.4) is 0 Å². The second-order valence-electron chi connectivity index (χ2n) is 4.33. The van der Waals surface area contributed by atoms with Gasteiger partial charge in [0, 0.05) is 12.2 Å². The summed E-state index contributed by atoms with van der Waals surface area (Å²) < 4.78 is 5.59. The zero-order valence-corrected chi connectivity index (χ0v) is 9.81. The second kappa shape index (κ2) is 5.12. The first-order chi connectivity index (χ1) is 7.74. The van der Waals surface area contributed by atoms with Gasteiger partial charge in [-0.1, -0.05) is 12.2 Å². The quantitative estimate of drug-likeness (QED) is 0.841. The van der Waals surface area contributed by atoms with Crippen LogP contribution in [0.2, 0.25) is 0 Å². The van der Waals surface area contributed by atoms with Gasteiger partial charge in [-0.25, -0.2) is 0 Å². The summed E-state index contributed by atoms with van der Waals surface area (Å²) >= 11 is 0. The molecule has 3 nitrogen and oxygen atoms in total. The van der Waals surface area contributed by atoms with E-state index in [1.807, 2.05) is 26.1 Å². The maximum Gasteiger partial charge on any atom is 0.138 e. The molecule has 1 atom stereocenters. The van der Waals surface area contributed by atoms with Gasteiger partial charge in [0.15, 0.2) is 0 Å². The maximum atomic E-state index is 5.59. The molecule has 1 aromatic heterocycles. The zero-order valence-electron chi connectivity index (χ0n) is 9.81. The van der Waals surface area contributed by atoms with E-state index in [1.54, 1.807) is 6.20 Å². The first-order valence-electron chi connectivity index (χ1n) is 5.77. The average molecular weight is 218 g/mol. The predicted molar refractivity (Wildman–Crippen MR) is 65.4 cm³/mol. The van der Waals surface area contributed by atoms with Gasteiger partial charge in [-0.3, -0.25) is 4.98 Å². The highest BCUT2D eigenvalue weighted by molar-refractivity contribution is 5.50. The van der Waals surface area contributed by atoms with Crippen molar-refractivity contribution in [2.45, 2.75) is 32.4 Å². The van der Waals surface area contributed by atoms with E-state index in [-0.39, 0.29) is 6.10 Å². The summed E-state index contributed by atoms with van der Waals surface area (Å²) in [6, 6.07) is 2.55. The number of hydrogen-bond acceptors (Lipinski definition) is 3. The van der Waals surface area contributed by atoms with Gasteiger partial charge in [0.2, 0.25) is 0 Å². The molecule has 86 valence electrons. The normalized spacial score (nSPS) is 20.1. The molecule has 16 heavy (non-hydrogen) atoms. The van der Waals surface area contributed by atoms with Gasteiger partial charge in [0.1, 0.15) is 5.75 Å². The lowest BCUT2D eigenvalue weighted by Gasteiger charge is -2.24. The Morgan fingerprint density at radius 2 is 2.31 bits per heavy atom. The topological polar surface area (TPSA) is 34.1 Å². The van der Waals surface area contributed by atoms with Gasteiger partial charge in [0.05, 0.1) is 12.3 Å². The van der Waals surface area contributed by atoms with Crippen LogP contribution in [0.15, 0.2) is 24.5 Å². The third-order valence-corrected chi connectivity index (χ3v) is 2.49. The van der Waals surface area contributed by atoms with Crippen molar-refractivity contribution in [2.75, 3.05) is 6.54 Å². The average Bonchev–Trinajstić information content (AvgIpc) is 2.14. The van der Waals surface area contributed by atoms with Crippen LogP contribution < -0.4 is 10.1 Å². The van der Waals surface area contributed by atoms with Crippen LogP contribution in [-0.2, 0) is 0 Å². The van der Waals surface area contributed by atoms with Crippen LogP contribution in [-0.4, -0.2) is 23.7 Å². The summed E-state index contributed by atoms with van der Waals surface area (Å²) in [5.41, 5.74) is 1.09. The third kappa shape index (κ3) is 3.07. The molecule has 1 saturated heterocycles. The van der Waals surface area contributed by atoms with E-state index in [0.717, 1.165) is 17.9 Å². The Morgan fingerprint density at radius 1 is 1.50 bits per heavy atom. The molecule has 1 aliphatic heterocycles. The minimum Gasteiger partial charge on any atom is -0.489 e. The van der Waals surface area contributed by atoms with E-state index in [1.165, 1.54) is 6.42 Å². The fourth-order valence-electron chi connectivity index (χ4n) is 1.57. The Balaban J connectivity index is 2.00. The van der Waals surface area contributed by atoms with Crippen LogP contribution in [0.25, 0.3) is 6.08 Å². The minimum absolute atomic E-state index is 0.189. The lowest BCUT2D eigenvalue weighted by atomic mass is 10.1. The molecule has 0 bridgehead atoms. The minimum atomic E-state index is 0.189. The Hall–Kier alpha value is -1.35. The number of ether oxygens (including phenoxy) is 1. The number of rotatable bonds is 4. The number of nitrogens with one attached hydrogen (secondary N) is 1. The van der Waals surface area contributed by atoms with Crippen LogP contribution in [0, 0.1) is 0 Å². The maximum absolute atomic E-state index is 5.59. The summed E-state index contributed by atoms with van der Waals surface area (Å²) in [7, 11) is 0. The van der Waals surface area contributed by atoms with Gasteiger partial charge in [0.25, 0.3) is 0 Å². The fourth-order valence-corrected chi connectivity index (χ4v) is 1.57. The molecule has 1 aliphatic rings. The first-order valence-corrected chi connectivity index (χ1v) is 5.77. The summed E-state index contributed by atoms with van der Waals surface area (Å²) in [6.07, 6.45) is 9.29. The molecule has 2 heterocycles. The standard InChI is InChI=1S/C13H18N2O/c1-10(2)16-13-7-11(8-14-9-13)3-4-12-5-6-15-12/h3-4,7-10,12,15H,5-6H2,1-2H3. The Labute approximate surface area is 96.5 Å². The number of nitrogens with zero attached hydrogens (tertiary/aromatic N) is 1. The van der Waals surface area contributed by atoms with E-state index in [2.05, 4.69) is 22.5 Å². The number of hydrogen-bond donors (Lipinski definition) is 1. The SMILES string of the molecule is CC(C)Oc1cncc(C=CC2CCN2)c1. The van der Waals surface area contributed by atoms with Gasteiger partial charge in [-0.2, -0.15) is 0 Å². The van der Waals surface area contributed by atoms with Gasteiger partial charge in [-0.15, -0.1) is 0 Å². The van der Waals surface area contributed by atoms with Crippen molar-refractivity contribution in [3.63, 3.8) is 0 Å². The van der Waals surface area contributed by atoms with E-state index >= 15 is 0 Å². The molecule has 0 radical (unpaired) electrons. The molecular formula is C13H18N2O. The first kappa shape index (κ1) is 11.1. The molecule has 0 amide bonds. The van der Waals surface area contributed by atoms with Crippen molar-refractivity contribution < 1.29 is 4.74 Å². The summed E-state index contributed by atoms with van der Waals surface area (Å²) in [5.74, 6) is 0.832. The van der Waals surface area contributed by atoms with Crippen LogP contribution in [0.4, 0.5) is 0 Å². The number of pyridine rings is 1. The van der Waals surface area contributed by atoms with Crippen molar-refractivity contribution in [2.24, 2.45) is 0 Å². The Morgan fingerprint density at radius 3 is 2.94 bits per heavy atom. The largest absolute Gasteiger partial charge is 0.489 e. The Kier molecular flexibility index (Phi) is 3.57. The molecular weight excluding hydrogens is 200 g/mol. The zero-order chi connectivity index (χ0) is 11.4. The third-order valence-electron chi connectivity index (χ3n) is 2.49. The predicted octanol–water partition coefficient (Wildman–Crippen LogP) is 2.24. The van der Waals surface area contributed by atoms with Crippen molar-refractivity contribution in [3.05, 3.63) is 30.1 Å². The lowest BCUT2D eigenvalue weighted by molar-refractivity contribution is 0.241. The molecule has 2 rings (SSSR count). The molecule has 0 aromatic carbocycles. The van der Waals surface area contributed by atoms with Gasteiger partial charge >= 0.3 is 0 Å². The molecule has 0 saturated carbocycles. The summed E-state index contributed by atoms with van der Waals surface area (Å²) in [6.45, 7) is 5.16. The van der Waals surface area contributed by atoms with Gasteiger partial charge in [-0.05, 0) is 38.4 Å². The van der Waals surface area contributed by atoms with Crippen molar-refractivity contribution in [1.29, 1.82) is 0 Å². The molecule has 1 N–H and O–H groups in total. The van der Waals surface area contributed by atoms with E-state index in [4.69, 9.17) is 4.74 Å². The highest BCUT2D eigenvalue weighted by atomic mass is 16.5. The smallest absolute Gasteiger partial charge is 0.138 e. The monoisotopic (exact) mass is 218 g/mol. The molecule has 3 heteroatoms. The van der Waals surface area contributed by atoms with Crippen molar-refractivity contribution >= 4 is 6.08 Å². The van der Waals surface area contributed by atoms with Crippen molar-refractivity contribution in [1.82, 2.24) is 10.3 Å². The Bertz CT molecular complexity index is 370. The van der Waals surface area contributed by atoms with Crippen molar-refractivity contribution in [3.8, 4) is 5.75 Å². The fraction of sp³-hybridized carbons (Fsp3) is 0.462. The number of aromatic nitrogens is 1. The van der Waals surface area contributed by atoms with Gasteiger partial charge < -0.3 is 10.1 Å². The van der Waals surface area contributed by atoms with Crippen LogP contribution in [0.1, 0.15) is 25.8 Å². The van der Waals surface area contributed by atoms with Crippen LogP contribution in [0.5, 0.6) is 5.75 Å². The van der Waals surface area contributed by atoms with E-state index in [9.17, 15) is 0 Å². The molecule has 0 aliphatic carbocycles. The van der Waals surface area contributed by atoms with Crippen LogP contribution >= 0.6 is 0 Å². The summed E-state index contributed by atoms with van der Waals surface area (Å²) in [4.78, 5) is 4.16. The van der Waals surface area contributed by atoms with E-state index < -0.39 is 0 Å². The molecule has 1 aromatic rings. The highest BCUT2D eigenvalue weighted by Crippen LogP contribution is 2.15. The highest BCUT2D eigenvalue weighted by Gasteiger charge is 2.11.